The quantitative estimate of drug-likeness (QED) is 0.707. The van der Waals surface area contributed by atoms with E-state index in [2.05, 4.69) is 15.3 Å². The lowest BCUT2D eigenvalue weighted by molar-refractivity contribution is 0.398. The first-order valence-corrected chi connectivity index (χ1v) is 8.54. The molecule has 0 radical (unpaired) electrons. The van der Waals surface area contributed by atoms with Gasteiger partial charge < -0.3 is 14.8 Å². The van der Waals surface area contributed by atoms with E-state index in [9.17, 15) is 0 Å². The monoisotopic (exact) mass is 343 g/mol. The number of nitrogens with one attached hydrogen (secondary N) is 1. The summed E-state index contributed by atoms with van der Waals surface area (Å²) >= 11 is 1.53. The summed E-state index contributed by atoms with van der Waals surface area (Å²) in [4.78, 5) is 8.77. The van der Waals surface area contributed by atoms with Gasteiger partial charge in [0.05, 0.1) is 25.6 Å². The lowest BCUT2D eigenvalue weighted by atomic mass is 10.2. The molecule has 126 valence electrons. The Balaban J connectivity index is 0.00000100. The first kappa shape index (κ1) is 17.7. The van der Waals surface area contributed by atoms with Crippen LogP contribution in [0.15, 0.2) is 48.0 Å². The van der Waals surface area contributed by atoms with Crippen molar-refractivity contribution < 1.29 is 9.47 Å². The average molecular weight is 343 g/mol. The summed E-state index contributed by atoms with van der Waals surface area (Å²) in [6, 6.07) is 11.5. The van der Waals surface area contributed by atoms with Crippen LogP contribution in [0.5, 0.6) is 11.6 Å². The zero-order valence-electron chi connectivity index (χ0n) is 14.2. The van der Waals surface area contributed by atoms with Crippen LogP contribution in [-0.4, -0.2) is 24.2 Å². The van der Waals surface area contributed by atoms with Crippen LogP contribution in [0.1, 0.15) is 13.8 Å². The van der Waals surface area contributed by atoms with Crippen LogP contribution in [0.4, 0.5) is 10.8 Å². The molecule has 0 spiro atoms. The van der Waals surface area contributed by atoms with Crippen LogP contribution in [0, 0.1) is 0 Å². The van der Waals surface area contributed by atoms with E-state index in [1.54, 1.807) is 20.4 Å². The lowest BCUT2D eigenvalue weighted by Gasteiger charge is -2.08. The Morgan fingerprint density at radius 3 is 2.46 bits per heavy atom. The van der Waals surface area contributed by atoms with E-state index >= 15 is 0 Å². The lowest BCUT2D eigenvalue weighted by Crippen LogP contribution is -1.93. The molecule has 0 saturated heterocycles. The number of ether oxygens (including phenoxy) is 2. The standard InChI is InChI=1S/C16H15N3O2S.C2H6/c1-20-14-6-4-3-5-12(14)18-16-19-13(10-22-16)11-7-8-15(21-2)17-9-11;1-2/h3-10H,1-2H3,(H,18,19);1-2H3. The molecule has 3 aromatic rings. The largest absolute Gasteiger partial charge is 0.495 e. The van der Waals surface area contributed by atoms with Crippen LogP contribution in [0.25, 0.3) is 11.3 Å². The minimum absolute atomic E-state index is 0.589. The van der Waals surface area contributed by atoms with Crippen LogP contribution < -0.4 is 14.8 Å². The Morgan fingerprint density at radius 2 is 1.79 bits per heavy atom. The van der Waals surface area contributed by atoms with E-state index in [-0.39, 0.29) is 0 Å². The molecule has 24 heavy (non-hydrogen) atoms. The molecule has 0 fully saturated rings. The Kier molecular flexibility index (Phi) is 6.57. The van der Waals surface area contributed by atoms with Gasteiger partial charge in [-0.25, -0.2) is 9.97 Å². The Bertz CT molecular complexity index is 757. The summed E-state index contributed by atoms with van der Waals surface area (Å²) in [5.74, 6) is 1.37. The van der Waals surface area contributed by atoms with E-state index < -0.39 is 0 Å². The summed E-state index contributed by atoms with van der Waals surface area (Å²) < 4.78 is 10.4. The van der Waals surface area contributed by atoms with Crippen molar-refractivity contribution in [3.8, 4) is 22.9 Å². The predicted octanol–water partition coefficient (Wildman–Crippen LogP) is 4.99. The van der Waals surface area contributed by atoms with Crippen molar-refractivity contribution in [2.45, 2.75) is 13.8 Å². The topological polar surface area (TPSA) is 56.3 Å². The molecule has 2 heterocycles. The smallest absolute Gasteiger partial charge is 0.212 e. The minimum atomic E-state index is 0.589. The van der Waals surface area contributed by atoms with Crippen molar-refractivity contribution in [1.82, 2.24) is 9.97 Å². The van der Waals surface area contributed by atoms with E-state index in [0.29, 0.717) is 5.88 Å². The fourth-order valence-corrected chi connectivity index (χ4v) is 2.71. The summed E-state index contributed by atoms with van der Waals surface area (Å²) in [6.45, 7) is 4.00. The van der Waals surface area contributed by atoms with Crippen molar-refractivity contribution in [3.05, 3.63) is 48.0 Å². The van der Waals surface area contributed by atoms with E-state index in [4.69, 9.17) is 9.47 Å². The molecule has 0 aliphatic carbocycles. The zero-order valence-corrected chi connectivity index (χ0v) is 15.1. The van der Waals surface area contributed by atoms with Crippen LogP contribution in [0.3, 0.4) is 0 Å². The van der Waals surface area contributed by atoms with Crippen molar-refractivity contribution in [2.24, 2.45) is 0 Å². The van der Waals surface area contributed by atoms with Gasteiger partial charge in [-0.3, -0.25) is 0 Å². The van der Waals surface area contributed by atoms with Crippen LogP contribution >= 0.6 is 11.3 Å². The third-order valence-corrected chi connectivity index (χ3v) is 3.85. The Hall–Kier alpha value is -2.60. The van der Waals surface area contributed by atoms with Gasteiger partial charge in [0.15, 0.2) is 5.13 Å². The number of anilines is 2. The second kappa shape index (κ2) is 8.88. The van der Waals surface area contributed by atoms with Gasteiger partial charge in [0.2, 0.25) is 5.88 Å². The van der Waals surface area contributed by atoms with Gasteiger partial charge in [-0.1, -0.05) is 26.0 Å². The fourth-order valence-electron chi connectivity index (χ4n) is 1.98. The van der Waals surface area contributed by atoms with Gasteiger partial charge in [-0.15, -0.1) is 11.3 Å². The van der Waals surface area contributed by atoms with Crippen LogP contribution in [-0.2, 0) is 0 Å². The summed E-state index contributed by atoms with van der Waals surface area (Å²) in [7, 11) is 3.25. The van der Waals surface area contributed by atoms with Crippen molar-refractivity contribution in [1.29, 1.82) is 0 Å². The molecule has 0 unspecified atom stereocenters. The molecule has 0 amide bonds. The maximum Gasteiger partial charge on any atom is 0.212 e. The maximum absolute atomic E-state index is 5.32. The van der Waals surface area contributed by atoms with Gasteiger partial charge in [0.1, 0.15) is 5.75 Å². The number of para-hydroxylation sites is 2. The van der Waals surface area contributed by atoms with Gasteiger partial charge in [-0.05, 0) is 18.2 Å². The van der Waals surface area contributed by atoms with Crippen molar-refractivity contribution in [2.75, 3.05) is 19.5 Å². The molecule has 0 atom stereocenters. The molecule has 2 aromatic heterocycles. The van der Waals surface area contributed by atoms with E-state index in [0.717, 1.165) is 27.8 Å². The van der Waals surface area contributed by atoms with E-state index in [1.165, 1.54) is 11.3 Å². The van der Waals surface area contributed by atoms with E-state index in [1.807, 2.05) is 55.6 Å². The average Bonchev–Trinajstić information content (AvgIpc) is 3.12. The molecular formula is C18H21N3O2S. The molecule has 6 heteroatoms. The highest BCUT2D eigenvalue weighted by Crippen LogP contribution is 2.31. The molecule has 5 nitrogen and oxygen atoms in total. The second-order valence-electron chi connectivity index (χ2n) is 4.45. The second-order valence-corrected chi connectivity index (χ2v) is 5.31. The number of hydrogen-bond acceptors (Lipinski definition) is 6. The highest BCUT2D eigenvalue weighted by atomic mass is 32.1. The molecule has 0 aliphatic heterocycles. The molecular weight excluding hydrogens is 322 g/mol. The number of nitrogens with zero attached hydrogens (tertiary/aromatic N) is 2. The van der Waals surface area contributed by atoms with Crippen LogP contribution in [0.2, 0.25) is 0 Å². The zero-order chi connectivity index (χ0) is 17.4. The third kappa shape index (κ3) is 4.23. The Labute approximate surface area is 146 Å². The Morgan fingerprint density at radius 1 is 1.00 bits per heavy atom. The summed E-state index contributed by atoms with van der Waals surface area (Å²) in [5, 5.41) is 6.06. The number of aromatic nitrogens is 2. The fraction of sp³-hybridized carbons (Fsp3) is 0.222. The molecule has 0 aliphatic rings. The molecule has 3 rings (SSSR count). The van der Waals surface area contributed by atoms with Gasteiger partial charge in [0.25, 0.3) is 0 Å². The normalized spacial score (nSPS) is 9.67. The number of methoxy groups -OCH3 is 2. The SMILES string of the molecule is CC.COc1ccc(-c2csc(Nc3ccccc3OC)n2)cn1. The summed E-state index contributed by atoms with van der Waals surface area (Å²) in [6.07, 6.45) is 1.75. The van der Waals surface area contributed by atoms with Crippen molar-refractivity contribution in [3.63, 3.8) is 0 Å². The maximum atomic E-state index is 5.32. The molecule has 0 bridgehead atoms. The number of benzene rings is 1. The highest BCUT2D eigenvalue weighted by Gasteiger charge is 2.08. The first-order chi connectivity index (χ1) is 11.8. The first-order valence-electron chi connectivity index (χ1n) is 7.66. The summed E-state index contributed by atoms with van der Waals surface area (Å²) in [5.41, 5.74) is 2.71. The predicted molar refractivity (Wildman–Crippen MR) is 99.5 cm³/mol. The molecule has 1 N–H and O–H groups in total. The molecule has 1 aromatic carbocycles. The van der Waals surface area contributed by atoms with Gasteiger partial charge in [0, 0.05) is 23.2 Å². The number of pyridine rings is 1. The minimum Gasteiger partial charge on any atom is -0.495 e. The molecule has 0 saturated carbocycles. The van der Waals surface area contributed by atoms with Gasteiger partial charge >= 0.3 is 0 Å². The van der Waals surface area contributed by atoms with Crippen molar-refractivity contribution >= 4 is 22.2 Å². The number of hydrogen-bond donors (Lipinski definition) is 1. The third-order valence-electron chi connectivity index (χ3n) is 3.09. The number of rotatable bonds is 5. The highest BCUT2D eigenvalue weighted by molar-refractivity contribution is 7.14. The van der Waals surface area contributed by atoms with Gasteiger partial charge in [-0.2, -0.15) is 0 Å². The number of thiazole rings is 1.